The third-order valence-corrected chi connectivity index (χ3v) is 6.67. The summed E-state index contributed by atoms with van der Waals surface area (Å²) in [4.78, 5) is 27.0. The van der Waals surface area contributed by atoms with Gasteiger partial charge in [-0.05, 0) is 48.1 Å². The maximum absolute atomic E-state index is 14.6. The molecular weight excluding hydrogens is 491 g/mol. The van der Waals surface area contributed by atoms with Crippen LogP contribution in [0.15, 0.2) is 36.4 Å². The van der Waals surface area contributed by atoms with Gasteiger partial charge in [-0.15, -0.1) is 0 Å². The monoisotopic (exact) mass is 530 g/mol. The molecule has 3 rings (SSSR count). The molecule has 0 radical (unpaired) electrons. The van der Waals surface area contributed by atoms with E-state index in [9.17, 15) is 19.1 Å². The summed E-state index contributed by atoms with van der Waals surface area (Å²) in [7, 11) is 2.99. The summed E-state index contributed by atoms with van der Waals surface area (Å²) in [6.07, 6.45) is 1.47. The number of halogens is 1. The van der Waals surface area contributed by atoms with E-state index >= 15 is 0 Å². The minimum atomic E-state index is -0.930. The van der Waals surface area contributed by atoms with E-state index in [1.165, 1.54) is 20.3 Å². The highest BCUT2D eigenvalue weighted by molar-refractivity contribution is 5.96. The van der Waals surface area contributed by atoms with E-state index in [1.54, 1.807) is 12.1 Å². The summed E-state index contributed by atoms with van der Waals surface area (Å²) in [6.45, 7) is 6.64. The molecule has 38 heavy (non-hydrogen) atoms. The molecule has 1 fully saturated rings. The Balaban J connectivity index is 1.98. The number of nitrogens with zero attached hydrogens (tertiary/aromatic N) is 1. The molecule has 0 aromatic heterocycles. The first kappa shape index (κ1) is 29.4. The van der Waals surface area contributed by atoms with Gasteiger partial charge >= 0.3 is 5.97 Å². The van der Waals surface area contributed by atoms with Crippen LogP contribution in [0.1, 0.15) is 50.2 Å². The minimum Gasteiger partial charge on any atom is -0.497 e. The summed E-state index contributed by atoms with van der Waals surface area (Å²) < 4.78 is 30.5. The second-order valence-corrected chi connectivity index (χ2v) is 10.1. The molecule has 1 aliphatic rings. The number of benzene rings is 2. The molecule has 2 aromatic rings. The second-order valence-electron chi connectivity index (χ2n) is 10.1. The molecule has 2 aromatic carbocycles. The lowest BCUT2D eigenvalue weighted by Crippen LogP contribution is -2.42. The van der Waals surface area contributed by atoms with Gasteiger partial charge in [0.05, 0.1) is 37.9 Å². The Morgan fingerprint density at radius 2 is 1.89 bits per heavy atom. The van der Waals surface area contributed by atoms with Crippen molar-refractivity contribution in [3.8, 4) is 5.75 Å². The second kappa shape index (κ2) is 14.1. The van der Waals surface area contributed by atoms with Gasteiger partial charge in [0, 0.05) is 44.9 Å². The first-order valence-electron chi connectivity index (χ1n) is 13.0. The average Bonchev–Trinajstić information content (AvgIpc) is 2.88. The third kappa shape index (κ3) is 8.16. The van der Waals surface area contributed by atoms with Crippen LogP contribution >= 0.6 is 0 Å². The number of methoxy groups -OCH3 is 2. The number of carboxylic acid groups (broad SMARTS) is 1. The molecule has 1 aliphatic heterocycles. The zero-order chi connectivity index (χ0) is 27.7. The average molecular weight is 531 g/mol. The highest BCUT2D eigenvalue weighted by atomic mass is 19.1. The lowest BCUT2D eigenvalue weighted by molar-refractivity contribution is -0.137. The fourth-order valence-corrected chi connectivity index (χ4v) is 4.84. The molecule has 0 saturated carbocycles. The number of rotatable bonds is 13. The number of carboxylic acids is 1. The van der Waals surface area contributed by atoms with Crippen molar-refractivity contribution in [1.82, 2.24) is 0 Å². The van der Waals surface area contributed by atoms with Crippen molar-refractivity contribution in [2.24, 2.45) is 5.92 Å². The maximum atomic E-state index is 14.6. The molecule has 0 aliphatic carbocycles. The van der Waals surface area contributed by atoms with Crippen LogP contribution in [0.4, 0.5) is 15.8 Å². The van der Waals surface area contributed by atoms with Crippen LogP contribution in [0.25, 0.3) is 0 Å². The van der Waals surface area contributed by atoms with Crippen LogP contribution in [0.5, 0.6) is 5.75 Å². The van der Waals surface area contributed by atoms with E-state index in [2.05, 4.69) is 24.1 Å². The molecule has 208 valence electrons. The van der Waals surface area contributed by atoms with Crippen molar-refractivity contribution in [2.75, 3.05) is 50.8 Å². The topological polar surface area (TPSA) is 97.3 Å². The first-order valence-corrected chi connectivity index (χ1v) is 13.0. The van der Waals surface area contributed by atoms with E-state index < -0.39 is 11.8 Å². The van der Waals surface area contributed by atoms with Gasteiger partial charge in [0.25, 0.3) is 0 Å². The molecule has 1 unspecified atom stereocenters. The lowest BCUT2D eigenvalue weighted by Gasteiger charge is -2.38. The zero-order valence-electron chi connectivity index (χ0n) is 22.7. The van der Waals surface area contributed by atoms with Gasteiger partial charge in [-0.1, -0.05) is 26.0 Å². The highest BCUT2D eigenvalue weighted by Gasteiger charge is 2.26. The van der Waals surface area contributed by atoms with Crippen LogP contribution in [-0.2, 0) is 25.5 Å². The van der Waals surface area contributed by atoms with Crippen molar-refractivity contribution in [3.05, 3.63) is 53.3 Å². The fraction of sp³-hybridized carbons (Fsp3) is 0.517. The van der Waals surface area contributed by atoms with Gasteiger partial charge in [0.15, 0.2) is 0 Å². The number of hydrogen-bond acceptors (Lipinski definition) is 6. The predicted octanol–water partition coefficient (Wildman–Crippen LogP) is 4.86. The van der Waals surface area contributed by atoms with Crippen molar-refractivity contribution in [3.63, 3.8) is 0 Å². The Bertz CT molecular complexity index is 1090. The summed E-state index contributed by atoms with van der Waals surface area (Å²) in [6, 6.07) is 10.3. The summed E-state index contributed by atoms with van der Waals surface area (Å²) in [5.41, 5.74) is 2.43. The van der Waals surface area contributed by atoms with Gasteiger partial charge in [0.1, 0.15) is 11.6 Å². The maximum Gasteiger partial charge on any atom is 0.304 e. The molecule has 8 nitrogen and oxygen atoms in total. The van der Waals surface area contributed by atoms with Crippen LogP contribution in [0, 0.1) is 11.7 Å². The largest absolute Gasteiger partial charge is 0.497 e. The molecule has 1 amide bonds. The van der Waals surface area contributed by atoms with Crippen molar-refractivity contribution in [2.45, 2.75) is 51.5 Å². The number of carbonyl (C=O) groups is 2. The summed E-state index contributed by atoms with van der Waals surface area (Å²) in [5, 5.41) is 12.4. The Labute approximate surface area is 224 Å². The number of carbonyl (C=O) groups excluding carboxylic acids is 1. The van der Waals surface area contributed by atoms with Crippen LogP contribution < -0.4 is 15.0 Å². The molecular formula is C29H39FN2O6. The lowest BCUT2D eigenvalue weighted by atomic mass is 9.94. The minimum absolute atomic E-state index is 0.104. The van der Waals surface area contributed by atoms with E-state index in [0.717, 1.165) is 30.6 Å². The molecule has 0 spiro atoms. The SMILES string of the molecule is COCC(CC(=O)O)c1ccc(N(CC(C)C)C2CCOCC2)c(NC(=O)Cc2ccc(OC)cc2F)c1. The van der Waals surface area contributed by atoms with Crippen LogP contribution in [0.2, 0.25) is 0 Å². The summed E-state index contributed by atoms with van der Waals surface area (Å²) in [5.74, 6) is -1.46. The Kier molecular flexibility index (Phi) is 10.9. The quantitative estimate of drug-likeness (QED) is 0.382. The van der Waals surface area contributed by atoms with Gasteiger partial charge in [-0.25, -0.2) is 4.39 Å². The molecule has 1 heterocycles. The Morgan fingerprint density at radius 3 is 2.50 bits per heavy atom. The highest BCUT2D eigenvalue weighted by Crippen LogP contribution is 2.35. The summed E-state index contributed by atoms with van der Waals surface area (Å²) >= 11 is 0. The normalized spacial score (nSPS) is 14.8. The van der Waals surface area contributed by atoms with E-state index in [4.69, 9.17) is 14.2 Å². The van der Waals surface area contributed by atoms with E-state index in [-0.39, 0.29) is 42.9 Å². The van der Waals surface area contributed by atoms with E-state index in [1.807, 2.05) is 18.2 Å². The number of ether oxygens (including phenoxy) is 3. The molecule has 0 bridgehead atoms. The van der Waals surface area contributed by atoms with E-state index in [0.29, 0.717) is 30.6 Å². The molecule has 9 heteroatoms. The number of aliphatic carboxylic acids is 1. The standard InChI is InChI=1S/C29H39FN2O6/c1-19(2)17-32(23-9-11-38-12-10-23)27-8-6-20(22(18-36-3)15-29(34)35)13-26(27)31-28(33)14-21-5-7-24(37-4)16-25(21)30/h5-8,13,16,19,22-23H,9-12,14-15,17-18H2,1-4H3,(H,31,33)(H,34,35). The number of amides is 1. The Morgan fingerprint density at radius 1 is 1.16 bits per heavy atom. The van der Waals surface area contributed by atoms with Crippen molar-refractivity contribution < 1.29 is 33.3 Å². The fourth-order valence-electron chi connectivity index (χ4n) is 4.84. The smallest absolute Gasteiger partial charge is 0.304 e. The molecule has 1 saturated heterocycles. The molecule has 1 atom stereocenters. The predicted molar refractivity (Wildman–Crippen MR) is 145 cm³/mol. The number of hydrogen-bond donors (Lipinski definition) is 2. The zero-order valence-corrected chi connectivity index (χ0v) is 22.7. The number of anilines is 2. The van der Waals surface area contributed by atoms with Crippen molar-refractivity contribution >= 4 is 23.3 Å². The number of nitrogens with one attached hydrogen (secondary N) is 1. The molecule has 2 N–H and O–H groups in total. The van der Waals surface area contributed by atoms with Crippen LogP contribution in [0.3, 0.4) is 0 Å². The Hall–Kier alpha value is -3.17. The van der Waals surface area contributed by atoms with Gasteiger partial charge in [-0.2, -0.15) is 0 Å². The first-order chi connectivity index (χ1) is 18.2. The van der Waals surface area contributed by atoms with Gasteiger partial charge < -0.3 is 29.5 Å². The van der Waals surface area contributed by atoms with Crippen molar-refractivity contribution in [1.29, 1.82) is 0 Å². The van der Waals surface area contributed by atoms with Crippen LogP contribution in [-0.4, -0.2) is 63.6 Å². The van der Waals surface area contributed by atoms with Gasteiger partial charge in [0.2, 0.25) is 5.91 Å². The van der Waals surface area contributed by atoms with Gasteiger partial charge in [-0.3, -0.25) is 9.59 Å². The third-order valence-electron chi connectivity index (χ3n) is 6.67.